The smallest absolute Gasteiger partial charge is 0.337 e. The van der Waals surface area contributed by atoms with Crippen LogP contribution >= 0.6 is 11.6 Å². The Morgan fingerprint density at radius 2 is 1.95 bits per heavy atom. The highest BCUT2D eigenvalue weighted by atomic mass is 35.5. The van der Waals surface area contributed by atoms with E-state index in [1.165, 1.54) is 18.5 Å². The van der Waals surface area contributed by atoms with Crippen LogP contribution in [0.25, 0.3) is 10.9 Å². The predicted octanol–water partition coefficient (Wildman–Crippen LogP) is 3.73. The Morgan fingerprint density at radius 3 is 2.76 bits per heavy atom. The summed E-state index contributed by atoms with van der Waals surface area (Å²) in [6, 6.07) is 12.3. The van der Waals surface area contributed by atoms with Crippen LogP contribution < -0.4 is 5.32 Å². The number of fused-ring (bicyclic) bond motifs is 1. The number of hydrogen-bond donors (Lipinski definition) is 2. The van der Waals surface area contributed by atoms with Crippen molar-refractivity contribution < 1.29 is 9.90 Å². The molecule has 2 N–H and O–H groups in total. The van der Waals surface area contributed by atoms with Gasteiger partial charge in [0.2, 0.25) is 0 Å². The van der Waals surface area contributed by atoms with Gasteiger partial charge < -0.3 is 10.4 Å². The Bertz CT molecular complexity index is 831. The number of rotatable bonds is 3. The van der Waals surface area contributed by atoms with Crippen molar-refractivity contribution in [1.82, 2.24) is 9.97 Å². The fraction of sp³-hybridized carbons (Fsp3) is 0. The fourth-order valence-corrected chi connectivity index (χ4v) is 2.21. The number of benzene rings is 2. The van der Waals surface area contributed by atoms with Gasteiger partial charge in [0, 0.05) is 11.1 Å². The van der Waals surface area contributed by atoms with E-state index in [1.54, 1.807) is 6.07 Å². The maximum Gasteiger partial charge on any atom is 0.337 e. The van der Waals surface area contributed by atoms with Crippen LogP contribution in [-0.2, 0) is 0 Å². The summed E-state index contributed by atoms with van der Waals surface area (Å²) in [6.07, 6.45) is 1.46. The number of carbonyl (C=O) groups is 1. The molecule has 0 aliphatic heterocycles. The first-order valence-corrected chi connectivity index (χ1v) is 6.52. The van der Waals surface area contributed by atoms with Gasteiger partial charge in [-0.25, -0.2) is 14.8 Å². The van der Waals surface area contributed by atoms with Gasteiger partial charge in [0.1, 0.15) is 12.1 Å². The zero-order valence-corrected chi connectivity index (χ0v) is 11.5. The number of carboxylic acid groups (broad SMARTS) is 1. The van der Waals surface area contributed by atoms with Crippen LogP contribution in [0.15, 0.2) is 48.8 Å². The summed E-state index contributed by atoms with van der Waals surface area (Å²) in [5, 5.41) is 13.2. The van der Waals surface area contributed by atoms with Crippen molar-refractivity contribution in [1.29, 1.82) is 0 Å². The molecule has 0 bridgehead atoms. The van der Waals surface area contributed by atoms with E-state index in [-0.39, 0.29) is 10.6 Å². The van der Waals surface area contributed by atoms with Crippen LogP contribution in [0.2, 0.25) is 5.02 Å². The van der Waals surface area contributed by atoms with Crippen molar-refractivity contribution in [2.45, 2.75) is 0 Å². The highest BCUT2D eigenvalue weighted by Gasteiger charge is 2.10. The molecule has 1 aromatic heterocycles. The quantitative estimate of drug-likeness (QED) is 0.771. The van der Waals surface area contributed by atoms with E-state index in [2.05, 4.69) is 15.3 Å². The van der Waals surface area contributed by atoms with Gasteiger partial charge >= 0.3 is 5.97 Å². The lowest BCUT2D eigenvalue weighted by molar-refractivity contribution is 0.0697. The molecular weight excluding hydrogens is 290 g/mol. The standard InChI is InChI=1S/C15H10ClN3O2/c16-12-6-5-9(7-11(12)15(20)21)19-14-10-3-1-2-4-13(10)17-8-18-14/h1-8H,(H,20,21)(H,17,18,19). The minimum atomic E-state index is -1.07. The molecule has 104 valence electrons. The van der Waals surface area contributed by atoms with Gasteiger partial charge in [0.15, 0.2) is 0 Å². The Labute approximate surface area is 125 Å². The van der Waals surface area contributed by atoms with E-state index in [0.717, 1.165) is 10.9 Å². The monoisotopic (exact) mass is 299 g/mol. The van der Waals surface area contributed by atoms with E-state index >= 15 is 0 Å². The molecule has 2 aromatic carbocycles. The second-order valence-corrected chi connectivity index (χ2v) is 4.77. The lowest BCUT2D eigenvalue weighted by atomic mass is 10.2. The molecule has 1 heterocycles. The molecule has 3 aromatic rings. The number of para-hydroxylation sites is 1. The molecule has 3 rings (SSSR count). The summed E-state index contributed by atoms with van der Waals surface area (Å²) < 4.78 is 0. The predicted molar refractivity (Wildman–Crippen MR) is 81.2 cm³/mol. The van der Waals surface area contributed by atoms with Gasteiger partial charge in [-0.1, -0.05) is 23.7 Å². The van der Waals surface area contributed by atoms with Crippen LogP contribution in [0.5, 0.6) is 0 Å². The van der Waals surface area contributed by atoms with Crippen LogP contribution in [-0.4, -0.2) is 21.0 Å². The number of nitrogens with zero attached hydrogens (tertiary/aromatic N) is 2. The molecule has 21 heavy (non-hydrogen) atoms. The Hall–Kier alpha value is -2.66. The summed E-state index contributed by atoms with van der Waals surface area (Å²) in [5.74, 6) is -0.463. The lowest BCUT2D eigenvalue weighted by Gasteiger charge is -2.09. The highest BCUT2D eigenvalue weighted by Crippen LogP contribution is 2.25. The number of aromatic carboxylic acids is 1. The van der Waals surface area contributed by atoms with Crippen molar-refractivity contribution in [2.75, 3.05) is 5.32 Å². The Kier molecular flexibility index (Phi) is 3.41. The molecule has 0 aliphatic carbocycles. The molecule has 0 aliphatic rings. The topological polar surface area (TPSA) is 75.1 Å². The molecule has 0 spiro atoms. The van der Waals surface area contributed by atoms with Gasteiger partial charge in [-0.15, -0.1) is 0 Å². The third kappa shape index (κ3) is 2.64. The van der Waals surface area contributed by atoms with E-state index < -0.39 is 5.97 Å². The normalized spacial score (nSPS) is 10.5. The van der Waals surface area contributed by atoms with E-state index in [1.807, 2.05) is 24.3 Å². The Balaban J connectivity index is 2.03. The lowest BCUT2D eigenvalue weighted by Crippen LogP contribution is -2.00. The van der Waals surface area contributed by atoms with E-state index in [4.69, 9.17) is 16.7 Å². The molecular formula is C15H10ClN3O2. The third-order valence-corrected chi connectivity index (χ3v) is 3.33. The minimum Gasteiger partial charge on any atom is -0.478 e. The fourth-order valence-electron chi connectivity index (χ4n) is 2.01. The molecule has 0 atom stereocenters. The summed E-state index contributed by atoms with van der Waals surface area (Å²) in [7, 11) is 0. The summed E-state index contributed by atoms with van der Waals surface area (Å²) in [5.41, 5.74) is 1.45. The van der Waals surface area contributed by atoms with Gasteiger partial charge in [0.05, 0.1) is 16.1 Å². The van der Waals surface area contributed by atoms with Gasteiger partial charge in [0.25, 0.3) is 0 Å². The van der Waals surface area contributed by atoms with Crippen molar-refractivity contribution in [3.8, 4) is 0 Å². The molecule has 0 radical (unpaired) electrons. The molecule has 0 saturated carbocycles. The largest absolute Gasteiger partial charge is 0.478 e. The second kappa shape index (κ2) is 5.38. The van der Waals surface area contributed by atoms with Crippen LogP contribution in [0.1, 0.15) is 10.4 Å². The first-order chi connectivity index (χ1) is 10.1. The molecule has 0 fully saturated rings. The average Bonchev–Trinajstić information content (AvgIpc) is 2.49. The van der Waals surface area contributed by atoms with Gasteiger partial charge in [-0.05, 0) is 30.3 Å². The summed E-state index contributed by atoms with van der Waals surface area (Å²) >= 11 is 5.86. The molecule has 0 unspecified atom stereocenters. The second-order valence-electron chi connectivity index (χ2n) is 4.36. The average molecular weight is 300 g/mol. The number of carboxylic acids is 1. The first-order valence-electron chi connectivity index (χ1n) is 6.15. The summed E-state index contributed by atoms with van der Waals surface area (Å²) in [6.45, 7) is 0. The van der Waals surface area contributed by atoms with Crippen molar-refractivity contribution >= 4 is 40.0 Å². The number of halogens is 1. The van der Waals surface area contributed by atoms with Crippen molar-refractivity contribution in [2.24, 2.45) is 0 Å². The molecule has 5 nitrogen and oxygen atoms in total. The first kappa shape index (κ1) is 13.3. The number of nitrogens with one attached hydrogen (secondary N) is 1. The maximum atomic E-state index is 11.1. The molecule has 0 saturated heterocycles. The zero-order chi connectivity index (χ0) is 14.8. The number of hydrogen-bond acceptors (Lipinski definition) is 4. The number of aromatic nitrogens is 2. The SMILES string of the molecule is O=C(O)c1cc(Nc2ncnc3ccccc23)ccc1Cl. The third-order valence-electron chi connectivity index (χ3n) is 3.00. The van der Waals surface area contributed by atoms with Crippen molar-refractivity contribution in [3.63, 3.8) is 0 Å². The number of anilines is 2. The zero-order valence-electron chi connectivity index (χ0n) is 10.7. The van der Waals surface area contributed by atoms with Gasteiger partial charge in [-0.2, -0.15) is 0 Å². The highest BCUT2D eigenvalue weighted by molar-refractivity contribution is 6.33. The van der Waals surface area contributed by atoms with E-state index in [9.17, 15) is 4.79 Å². The minimum absolute atomic E-state index is 0.0417. The van der Waals surface area contributed by atoms with Crippen LogP contribution in [0, 0.1) is 0 Å². The summed E-state index contributed by atoms with van der Waals surface area (Å²) in [4.78, 5) is 19.5. The van der Waals surface area contributed by atoms with Crippen molar-refractivity contribution in [3.05, 3.63) is 59.4 Å². The molecule has 0 amide bonds. The maximum absolute atomic E-state index is 11.1. The van der Waals surface area contributed by atoms with Gasteiger partial charge in [-0.3, -0.25) is 0 Å². The van der Waals surface area contributed by atoms with E-state index in [0.29, 0.717) is 11.5 Å². The van der Waals surface area contributed by atoms with Crippen LogP contribution in [0.3, 0.4) is 0 Å². The van der Waals surface area contributed by atoms with Crippen LogP contribution in [0.4, 0.5) is 11.5 Å². The molecule has 6 heteroatoms. The Morgan fingerprint density at radius 1 is 1.14 bits per heavy atom.